The Morgan fingerprint density at radius 2 is 2.33 bits per heavy atom. The molecule has 0 aliphatic heterocycles. The van der Waals surface area contributed by atoms with Crippen molar-refractivity contribution in [3.63, 3.8) is 0 Å². The Labute approximate surface area is 87.1 Å². The lowest BCUT2D eigenvalue weighted by Gasteiger charge is -2.01. The van der Waals surface area contributed by atoms with E-state index in [1.165, 1.54) is 0 Å². The lowest BCUT2D eigenvalue weighted by Crippen LogP contribution is -2.12. The molecule has 0 bridgehead atoms. The number of anilines is 1. The first-order chi connectivity index (χ1) is 7.31. The fraction of sp³-hybridized carbons (Fsp3) is 0.333. The van der Waals surface area contributed by atoms with Crippen LogP contribution in [0.4, 0.5) is 5.95 Å². The normalized spacial score (nSPS) is 10.5. The number of rotatable bonds is 4. The van der Waals surface area contributed by atoms with Crippen LogP contribution < -0.4 is 11.3 Å². The Morgan fingerprint density at radius 1 is 1.47 bits per heavy atom. The summed E-state index contributed by atoms with van der Waals surface area (Å²) in [6, 6.07) is 3.82. The Morgan fingerprint density at radius 3 is 2.93 bits per heavy atom. The first-order valence-corrected chi connectivity index (χ1v) is 4.68. The fourth-order valence-electron chi connectivity index (χ4n) is 1.39. The zero-order valence-corrected chi connectivity index (χ0v) is 8.47. The first kappa shape index (κ1) is 9.72. The van der Waals surface area contributed by atoms with Gasteiger partial charge in [-0.05, 0) is 12.1 Å². The van der Waals surface area contributed by atoms with E-state index < -0.39 is 0 Å². The number of hydrazine groups is 1. The Bertz CT molecular complexity index is 420. The largest absolute Gasteiger partial charge is 0.469 e. The highest BCUT2D eigenvalue weighted by atomic mass is 16.3. The molecular formula is C9H13N5O. The molecule has 80 valence electrons. The molecule has 2 aromatic rings. The Balaban J connectivity index is 2.02. The van der Waals surface area contributed by atoms with E-state index in [-0.39, 0.29) is 0 Å². The second kappa shape index (κ2) is 4.14. The van der Waals surface area contributed by atoms with Crippen LogP contribution >= 0.6 is 0 Å². The second-order valence-electron chi connectivity index (χ2n) is 3.22. The third-order valence-electron chi connectivity index (χ3n) is 2.27. The topological polar surface area (TPSA) is 81.9 Å². The monoisotopic (exact) mass is 207 g/mol. The van der Waals surface area contributed by atoms with Crippen LogP contribution in [0.3, 0.4) is 0 Å². The second-order valence-corrected chi connectivity index (χ2v) is 3.22. The van der Waals surface area contributed by atoms with Crippen LogP contribution in [0.5, 0.6) is 0 Å². The molecule has 0 saturated heterocycles. The summed E-state index contributed by atoms with van der Waals surface area (Å²) in [6.45, 7) is 0. The van der Waals surface area contributed by atoms with Crippen LogP contribution in [0.2, 0.25) is 0 Å². The smallest absolute Gasteiger partial charge is 0.238 e. The summed E-state index contributed by atoms with van der Waals surface area (Å²) in [6.07, 6.45) is 3.25. The molecule has 2 heterocycles. The van der Waals surface area contributed by atoms with Crippen molar-refractivity contribution in [1.29, 1.82) is 0 Å². The van der Waals surface area contributed by atoms with Gasteiger partial charge in [-0.3, -0.25) is 9.99 Å². The van der Waals surface area contributed by atoms with Gasteiger partial charge in [0.2, 0.25) is 5.95 Å². The number of hydrogen-bond acceptors (Lipinski definition) is 5. The minimum atomic E-state index is 0.560. The van der Waals surface area contributed by atoms with Crippen molar-refractivity contribution in [2.45, 2.75) is 12.8 Å². The minimum absolute atomic E-state index is 0.560. The van der Waals surface area contributed by atoms with Crippen molar-refractivity contribution in [3.05, 3.63) is 30.0 Å². The van der Waals surface area contributed by atoms with Crippen LogP contribution in [0.1, 0.15) is 11.6 Å². The first-order valence-electron chi connectivity index (χ1n) is 4.68. The summed E-state index contributed by atoms with van der Waals surface area (Å²) < 4.78 is 7.05. The third kappa shape index (κ3) is 1.99. The van der Waals surface area contributed by atoms with Gasteiger partial charge in [0.1, 0.15) is 11.6 Å². The lowest BCUT2D eigenvalue weighted by molar-refractivity contribution is 0.505. The molecule has 0 spiro atoms. The number of nitrogen functional groups attached to an aromatic ring is 1. The summed E-state index contributed by atoms with van der Waals surface area (Å²) >= 11 is 0. The van der Waals surface area contributed by atoms with Crippen LogP contribution in [0.15, 0.2) is 22.8 Å². The van der Waals surface area contributed by atoms with Gasteiger partial charge in [0.15, 0.2) is 0 Å². The van der Waals surface area contributed by atoms with Crippen molar-refractivity contribution in [2.24, 2.45) is 12.9 Å². The maximum Gasteiger partial charge on any atom is 0.238 e. The van der Waals surface area contributed by atoms with Gasteiger partial charge >= 0.3 is 0 Å². The highest BCUT2D eigenvalue weighted by Gasteiger charge is 2.07. The molecule has 0 aliphatic rings. The number of nitrogens with two attached hydrogens (primary N) is 1. The zero-order valence-electron chi connectivity index (χ0n) is 8.47. The van der Waals surface area contributed by atoms with E-state index in [0.717, 1.165) is 24.4 Å². The molecule has 0 amide bonds. The van der Waals surface area contributed by atoms with E-state index in [9.17, 15) is 0 Å². The van der Waals surface area contributed by atoms with Crippen LogP contribution in [-0.2, 0) is 19.9 Å². The number of nitrogens with one attached hydrogen (secondary N) is 1. The molecular weight excluding hydrogens is 194 g/mol. The summed E-state index contributed by atoms with van der Waals surface area (Å²) in [4.78, 5) is 0. The van der Waals surface area contributed by atoms with Crippen molar-refractivity contribution >= 4 is 5.95 Å². The highest BCUT2D eigenvalue weighted by Crippen LogP contribution is 2.08. The lowest BCUT2D eigenvalue weighted by atomic mass is 10.2. The Hall–Kier alpha value is -1.82. The average Bonchev–Trinajstić information content (AvgIpc) is 2.85. The molecule has 3 N–H and O–H groups in total. The molecule has 6 nitrogen and oxygen atoms in total. The summed E-state index contributed by atoms with van der Waals surface area (Å²) in [5.41, 5.74) is 2.47. The quantitative estimate of drug-likeness (QED) is 0.563. The molecule has 0 unspecified atom stereocenters. The highest BCUT2D eigenvalue weighted by molar-refractivity contribution is 5.22. The molecule has 0 aliphatic carbocycles. The van der Waals surface area contributed by atoms with Gasteiger partial charge in [-0.25, -0.2) is 5.84 Å². The number of aromatic nitrogens is 3. The number of hydrogen-bond donors (Lipinski definition) is 2. The van der Waals surface area contributed by atoms with Crippen LogP contribution in [0, 0.1) is 0 Å². The molecule has 6 heteroatoms. The van der Waals surface area contributed by atoms with Crippen LogP contribution in [0.25, 0.3) is 0 Å². The molecule has 2 rings (SSSR count). The van der Waals surface area contributed by atoms with E-state index >= 15 is 0 Å². The van der Waals surface area contributed by atoms with E-state index in [1.807, 2.05) is 23.7 Å². The molecule has 0 atom stereocenters. The third-order valence-corrected chi connectivity index (χ3v) is 2.27. The van der Waals surface area contributed by atoms with Crippen molar-refractivity contribution in [2.75, 3.05) is 5.43 Å². The fourth-order valence-corrected chi connectivity index (χ4v) is 1.39. The molecule has 2 aromatic heterocycles. The van der Waals surface area contributed by atoms with Crippen molar-refractivity contribution in [1.82, 2.24) is 14.8 Å². The van der Waals surface area contributed by atoms with Crippen molar-refractivity contribution in [3.8, 4) is 0 Å². The summed E-state index contributed by atoms with van der Waals surface area (Å²) in [5.74, 6) is 7.64. The zero-order chi connectivity index (χ0) is 10.7. The van der Waals surface area contributed by atoms with Gasteiger partial charge in [0.25, 0.3) is 0 Å². The average molecular weight is 207 g/mol. The SMILES string of the molecule is Cn1c(CCc2ccco2)nnc1NN. The van der Waals surface area contributed by atoms with Crippen LogP contribution in [-0.4, -0.2) is 14.8 Å². The number of aryl methyl sites for hydroxylation is 2. The molecule has 0 saturated carbocycles. The van der Waals surface area contributed by atoms with E-state index in [0.29, 0.717) is 5.95 Å². The van der Waals surface area contributed by atoms with Gasteiger partial charge in [0, 0.05) is 19.9 Å². The number of nitrogens with zero attached hydrogens (tertiary/aromatic N) is 3. The van der Waals surface area contributed by atoms with E-state index in [1.54, 1.807) is 6.26 Å². The predicted molar refractivity (Wildman–Crippen MR) is 54.9 cm³/mol. The van der Waals surface area contributed by atoms with Gasteiger partial charge in [-0.2, -0.15) is 0 Å². The molecule has 0 radical (unpaired) electrons. The van der Waals surface area contributed by atoms with Gasteiger partial charge < -0.3 is 4.42 Å². The number of furan rings is 1. The van der Waals surface area contributed by atoms with Gasteiger partial charge in [0.05, 0.1) is 6.26 Å². The predicted octanol–water partition coefficient (Wildman–Crippen LogP) is 0.479. The van der Waals surface area contributed by atoms with E-state index in [4.69, 9.17) is 10.3 Å². The molecule has 15 heavy (non-hydrogen) atoms. The Kier molecular flexibility index (Phi) is 2.68. The van der Waals surface area contributed by atoms with Gasteiger partial charge in [-0.15, -0.1) is 10.2 Å². The van der Waals surface area contributed by atoms with Gasteiger partial charge in [-0.1, -0.05) is 0 Å². The molecule has 0 fully saturated rings. The van der Waals surface area contributed by atoms with Crippen molar-refractivity contribution < 1.29 is 4.42 Å². The molecule has 0 aromatic carbocycles. The maximum atomic E-state index is 5.26. The maximum absolute atomic E-state index is 5.26. The summed E-state index contributed by atoms with van der Waals surface area (Å²) in [5, 5.41) is 7.90. The standard InChI is InChI=1S/C9H13N5O/c1-14-8(12-13-9(14)11-10)5-4-7-3-2-6-15-7/h2-3,6H,4-5,10H2,1H3,(H,11,13). The minimum Gasteiger partial charge on any atom is -0.469 e. The van der Waals surface area contributed by atoms with E-state index in [2.05, 4.69) is 15.6 Å². The summed E-state index contributed by atoms with van der Waals surface area (Å²) in [7, 11) is 1.87.